The minimum atomic E-state index is -1.68. The number of hydrogen-bond acceptors (Lipinski definition) is 2. The molecule has 0 radical (unpaired) electrons. The van der Waals surface area contributed by atoms with E-state index in [9.17, 15) is 0 Å². The van der Waals surface area contributed by atoms with E-state index in [1.54, 1.807) is 0 Å². The highest BCUT2D eigenvalue weighted by molar-refractivity contribution is 6.71. The van der Waals surface area contributed by atoms with E-state index >= 15 is 0 Å². The lowest BCUT2D eigenvalue weighted by Crippen LogP contribution is -2.31. The van der Waals surface area contributed by atoms with E-state index < -0.39 is 16.6 Å². The lowest BCUT2D eigenvalue weighted by Gasteiger charge is -2.24. The van der Waals surface area contributed by atoms with Crippen LogP contribution in [0.3, 0.4) is 0 Å². The maximum absolute atomic E-state index is 6.51. The SMILES string of the molecule is CC(C)C[Si](C)(C)OCc1ccc(C2=C(c3ccccc3)C(c3ccccc3)=C(c3ccc(CO[Si](C)(C)CC(C)C)cc3)C2)cc1. The van der Waals surface area contributed by atoms with Gasteiger partial charge in [0.05, 0.1) is 13.2 Å². The molecular weight excluding hydrogens is 605 g/mol. The van der Waals surface area contributed by atoms with Crippen molar-refractivity contribution in [2.45, 2.75) is 85.6 Å². The summed E-state index contributed by atoms with van der Waals surface area (Å²) < 4.78 is 13.0. The highest BCUT2D eigenvalue weighted by Gasteiger charge is 2.29. The molecule has 0 aromatic heterocycles. The molecule has 0 amide bonds. The van der Waals surface area contributed by atoms with Gasteiger partial charge in [-0.15, -0.1) is 0 Å². The van der Waals surface area contributed by atoms with E-state index in [1.807, 2.05) is 0 Å². The van der Waals surface area contributed by atoms with Gasteiger partial charge in [0.1, 0.15) is 0 Å². The van der Waals surface area contributed by atoms with Gasteiger partial charge in [0.15, 0.2) is 16.6 Å². The van der Waals surface area contributed by atoms with Crippen LogP contribution in [0.4, 0.5) is 0 Å². The molecule has 5 rings (SSSR count). The van der Waals surface area contributed by atoms with Gasteiger partial charge in [-0.05, 0) is 112 Å². The minimum Gasteiger partial charge on any atom is -0.413 e. The van der Waals surface area contributed by atoms with E-state index in [1.165, 1.54) is 67.8 Å². The molecule has 4 aromatic rings. The van der Waals surface area contributed by atoms with Gasteiger partial charge < -0.3 is 8.85 Å². The first-order chi connectivity index (χ1) is 22.4. The molecule has 4 heteroatoms. The minimum absolute atomic E-state index is 0.665. The third kappa shape index (κ3) is 9.42. The van der Waals surface area contributed by atoms with Gasteiger partial charge in [-0.2, -0.15) is 0 Å². The Morgan fingerprint density at radius 2 is 0.809 bits per heavy atom. The Balaban J connectivity index is 1.49. The summed E-state index contributed by atoms with van der Waals surface area (Å²) in [7, 11) is -3.37. The van der Waals surface area contributed by atoms with Crippen molar-refractivity contribution in [1.82, 2.24) is 0 Å². The largest absolute Gasteiger partial charge is 0.413 e. The fourth-order valence-corrected chi connectivity index (χ4v) is 12.5. The van der Waals surface area contributed by atoms with E-state index in [4.69, 9.17) is 8.85 Å². The Bertz CT molecular complexity index is 1540. The van der Waals surface area contributed by atoms with E-state index in [2.05, 4.69) is 163 Å². The molecule has 1 aliphatic rings. The van der Waals surface area contributed by atoms with E-state index in [-0.39, 0.29) is 0 Å². The molecule has 0 saturated carbocycles. The first-order valence-electron chi connectivity index (χ1n) is 17.4. The summed E-state index contributed by atoms with van der Waals surface area (Å²) in [5.41, 5.74) is 13.0. The quantitative estimate of drug-likeness (QED) is 0.126. The van der Waals surface area contributed by atoms with Crippen molar-refractivity contribution in [1.29, 1.82) is 0 Å². The molecule has 1 aliphatic carbocycles. The van der Waals surface area contributed by atoms with Crippen molar-refractivity contribution >= 4 is 38.9 Å². The summed E-state index contributed by atoms with van der Waals surface area (Å²) in [5, 5.41) is 0. The average Bonchev–Trinajstić information content (AvgIpc) is 3.44. The third-order valence-electron chi connectivity index (χ3n) is 9.00. The second-order valence-electron chi connectivity index (χ2n) is 15.3. The van der Waals surface area contributed by atoms with E-state index in [0.717, 1.165) is 6.42 Å². The van der Waals surface area contributed by atoms with Crippen LogP contribution in [0.25, 0.3) is 22.3 Å². The topological polar surface area (TPSA) is 18.5 Å². The first-order valence-corrected chi connectivity index (χ1v) is 23.7. The maximum atomic E-state index is 6.51. The van der Waals surface area contributed by atoms with Gasteiger partial charge in [-0.1, -0.05) is 137 Å². The second kappa shape index (κ2) is 15.3. The average molecular weight is 659 g/mol. The standard InChI is InChI=1S/C43H54O2Si2/c1-32(2)30-46(5,6)44-28-34-19-23-36(24-20-34)40-27-41(37-25-21-35(22-26-37)29-45-47(7,8)31-33(3)4)43(39-17-13-10-14-18-39)42(40)38-15-11-9-12-16-38/h9-26,32-33H,27-31H2,1-8H3. The van der Waals surface area contributed by atoms with Crippen LogP contribution in [0.1, 0.15) is 67.5 Å². The first kappa shape index (κ1) is 35.0. The van der Waals surface area contributed by atoms with Crippen LogP contribution in [-0.2, 0) is 22.1 Å². The zero-order valence-electron chi connectivity index (χ0n) is 29.9. The molecule has 0 bridgehead atoms. The van der Waals surface area contributed by atoms with Crippen LogP contribution in [0, 0.1) is 11.8 Å². The maximum Gasteiger partial charge on any atom is 0.187 e. The fourth-order valence-electron chi connectivity index (χ4n) is 7.24. The molecule has 0 spiro atoms. The summed E-state index contributed by atoms with van der Waals surface area (Å²) >= 11 is 0. The molecule has 47 heavy (non-hydrogen) atoms. The Hall–Kier alpha value is -3.29. The number of rotatable bonds is 14. The molecule has 0 unspecified atom stereocenters. The van der Waals surface area contributed by atoms with Gasteiger partial charge in [0.25, 0.3) is 0 Å². The lowest BCUT2D eigenvalue weighted by molar-refractivity contribution is 0.290. The molecule has 0 heterocycles. The van der Waals surface area contributed by atoms with Gasteiger partial charge >= 0.3 is 0 Å². The van der Waals surface area contributed by atoms with Crippen molar-refractivity contribution in [3.8, 4) is 0 Å². The monoisotopic (exact) mass is 658 g/mol. The summed E-state index contributed by atoms with van der Waals surface area (Å²) in [4.78, 5) is 0. The van der Waals surface area contributed by atoms with Crippen LogP contribution in [-0.4, -0.2) is 16.6 Å². The normalized spacial score (nSPS) is 14.2. The Labute approximate surface area is 286 Å². The van der Waals surface area contributed by atoms with Gasteiger partial charge in [-0.3, -0.25) is 0 Å². The van der Waals surface area contributed by atoms with Crippen molar-refractivity contribution in [2.75, 3.05) is 0 Å². The molecular formula is C43H54O2Si2. The summed E-state index contributed by atoms with van der Waals surface area (Å²) in [6, 6.07) is 42.5. The smallest absolute Gasteiger partial charge is 0.187 e. The molecule has 246 valence electrons. The Kier molecular flexibility index (Phi) is 11.4. The molecule has 0 atom stereocenters. The van der Waals surface area contributed by atoms with Gasteiger partial charge in [-0.25, -0.2) is 0 Å². The van der Waals surface area contributed by atoms with Crippen LogP contribution in [0.15, 0.2) is 109 Å². The Morgan fingerprint density at radius 1 is 0.468 bits per heavy atom. The fraction of sp³-hybridized carbons (Fsp3) is 0.349. The number of benzene rings is 4. The summed E-state index contributed by atoms with van der Waals surface area (Å²) in [6.45, 7) is 19.9. The van der Waals surface area contributed by atoms with Crippen molar-refractivity contribution in [3.05, 3.63) is 143 Å². The molecule has 2 nitrogen and oxygen atoms in total. The lowest BCUT2D eigenvalue weighted by atomic mass is 9.89. The zero-order chi connectivity index (χ0) is 33.6. The molecule has 0 fully saturated rings. The van der Waals surface area contributed by atoms with E-state index in [0.29, 0.717) is 25.0 Å². The van der Waals surface area contributed by atoms with Crippen LogP contribution in [0.2, 0.25) is 38.3 Å². The Morgan fingerprint density at radius 3 is 1.13 bits per heavy atom. The molecule has 0 saturated heterocycles. The summed E-state index contributed by atoms with van der Waals surface area (Å²) in [6.07, 6.45) is 0.878. The third-order valence-corrected chi connectivity index (χ3v) is 14.4. The highest BCUT2D eigenvalue weighted by atomic mass is 28.4. The van der Waals surface area contributed by atoms with Gasteiger partial charge in [0, 0.05) is 0 Å². The number of hydrogen-bond donors (Lipinski definition) is 0. The van der Waals surface area contributed by atoms with Crippen LogP contribution >= 0.6 is 0 Å². The molecule has 4 aromatic carbocycles. The zero-order valence-corrected chi connectivity index (χ0v) is 31.9. The number of allylic oxidation sites excluding steroid dienone is 4. The molecule has 0 N–H and O–H groups in total. The van der Waals surface area contributed by atoms with Crippen molar-refractivity contribution in [3.63, 3.8) is 0 Å². The van der Waals surface area contributed by atoms with Crippen molar-refractivity contribution in [2.24, 2.45) is 11.8 Å². The van der Waals surface area contributed by atoms with Crippen LogP contribution < -0.4 is 0 Å². The van der Waals surface area contributed by atoms with Crippen molar-refractivity contribution < 1.29 is 8.85 Å². The second-order valence-corrected chi connectivity index (χ2v) is 23.7. The van der Waals surface area contributed by atoms with Crippen LogP contribution in [0.5, 0.6) is 0 Å². The summed E-state index contributed by atoms with van der Waals surface area (Å²) in [5.74, 6) is 1.33. The highest BCUT2D eigenvalue weighted by Crippen LogP contribution is 2.51. The predicted octanol–water partition coefficient (Wildman–Crippen LogP) is 12.4. The predicted molar refractivity (Wildman–Crippen MR) is 208 cm³/mol. The molecule has 0 aliphatic heterocycles. The van der Waals surface area contributed by atoms with Gasteiger partial charge in [0.2, 0.25) is 0 Å².